The summed E-state index contributed by atoms with van der Waals surface area (Å²) in [5.41, 5.74) is 3.70. The number of hydrogen-bond donors (Lipinski definition) is 3. The van der Waals surface area contributed by atoms with Crippen molar-refractivity contribution < 1.29 is 15.3 Å². The van der Waals surface area contributed by atoms with E-state index in [-0.39, 0.29) is 17.2 Å². The Bertz CT molecular complexity index is 603. The molecule has 0 saturated carbocycles. The van der Waals surface area contributed by atoms with Crippen molar-refractivity contribution in [1.29, 1.82) is 0 Å². The highest BCUT2D eigenvalue weighted by Crippen LogP contribution is 2.35. The second-order valence-electron chi connectivity index (χ2n) is 4.55. The van der Waals surface area contributed by atoms with Crippen molar-refractivity contribution in [2.24, 2.45) is 0 Å². The van der Waals surface area contributed by atoms with Gasteiger partial charge in [0.15, 0.2) is 11.5 Å². The quantitative estimate of drug-likeness (QED) is 0.737. The molecular weight excluding hydrogens is 240 g/mol. The minimum Gasteiger partial charge on any atom is -0.508 e. The number of aryl methyl sites for hydroxylation is 2. The van der Waals surface area contributed by atoms with Crippen LogP contribution in [0.4, 0.5) is 0 Å². The molecule has 2 aromatic carbocycles. The topological polar surface area (TPSA) is 60.7 Å². The summed E-state index contributed by atoms with van der Waals surface area (Å²) in [4.78, 5) is 0. The van der Waals surface area contributed by atoms with Gasteiger partial charge in [-0.05, 0) is 53.3 Å². The van der Waals surface area contributed by atoms with Crippen LogP contribution < -0.4 is 0 Å². The maximum Gasteiger partial charge on any atom is 0.158 e. The summed E-state index contributed by atoms with van der Waals surface area (Å²) in [5, 5.41) is 28.9. The van der Waals surface area contributed by atoms with Crippen molar-refractivity contribution in [2.45, 2.75) is 26.7 Å². The van der Waals surface area contributed by atoms with E-state index < -0.39 is 0 Å². The van der Waals surface area contributed by atoms with Crippen LogP contribution >= 0.6 is 0 Å². The maximum atomic E-state index is 9.98. The molecule has 0 unspecified atom stereocenters. The number of rotatable bonds is 3. The molecule has 0 bridgehead atoms. The largest absolute Gasteiger partial charge is 0.508 e. The second kappa shape index (κ2) is 5.22. The van der Waals surface area contributed by atoms with Gasteiger partial charge in [-0.1, -0.05) is 26.0 Å². The molecule has 100 valence electrons. The predicted molar refractivity (Wildman–Crippen MR) is 75.6 cm³/mol. The van der Waals surface area contributed by atoms with Crippen LogP contribution in [0.15, 0.2) is 30.3 Å². The Morgan fingerprint density at radius 1 is 0.737 bits per heavy atom. The van der Waals surface area contributed by atoms with Gasteiger partial charge in [-0.15, -0.1) is 0 Å². The molecule has 0 fully saturated rings. The van der Waals surface area contributed by atoms with Crippen LogP contribution in [0, 0.1) is 0 Å². The van der Waals surface area contributed by atoms with E-state index in [1.165, 1.54) is 12.1 Å². The second-order valence-corrected chi connectivity index (χ2v) is 4.55. The summed E-state index contributed by atoms with van der Waals surface area (Å²) in [6.07, 6.45) is 1.62. The normalized spacial score (nSPS) is 10.6. The minimum atomic E-state index is -0.154. The lowest BCUT2D eigenvalue weighted by atomic mass is 9.94. The monoisotopic (exact) mass is 258 g/mol. The van der Waals surface area contributed by atoms with Crippen molar-refractivity contribution in [3.63, 3.8) is 0 Å². The molecule has 3 N–H and O–H groups in total. The molecule has 3 heteroatoms. The Hall–Kier alpha value is -2.16. The van der Waals surface area contributed by atoms with Gasteiger partial charge in [0, 0.05) is 0 Å². The van der Waals surface area contributed by atoms with Crippen molar-refractivity contribution in [2.75, 3.05) is 0 Å². The van der Waals surface area contributed by atoms with Gasteiger partial charge in [0.25, 0.3) is 0 Å². The number of aromatic hydroxyl groups is 3. The predicted octanol–water partition coefficient (Wildman–Crippen LogP) is 3.60. The summed E-state index contributed by atoms with van der Waals surface area (Å²) in [6.45, 7) is 4.05. The van der Waals surface area contributed by atoms with E-state index in [1.54, 1.807) is 12.1 Å². The molecule has 0 aliphatic rings. The van der Waals surface area contributed by atoms with E-state index >= 15 is 0 Å². The van der Waals surface area contributed by atoms with Gasteiger partial charge < -0.3 is 15.3 Å². The van der Waals surface area contributed by atoms with Crippen LogP contribution in [-0.4, -0.2) is 15.3 Å². The zero-order chi connectivity index (χ0) is 14.0. The molecule has 2 rings (SSSR count). The molecule has 0 aliphatic heterocycles. The molecule has 0 aromatic heterocycles. The fraction of sp³-hybridized carbons (Fsp3) is 0.250. The summed E-state index contributed by atoms with van der Waals surface area (Å²) >= 11 is 0. The van der Waals surface area contributed by atoms with Gasteiger partial charge >= 0.3 is 0 Å². The molecule has 0 radical (unpaired) electrons. The average molecular weight is 258 g/mol. The molecule has 0 spiro atoms. The fourth-order valence-electron chi connectivity index (χ4n) is 2.22. The van der Waals surface area contributed by atoms with Crippen molar-refractivity contribution in [1.82, 2.24) is 0 Å². The first-order valence-corrected chi connectivity index (χ1v) is 6.43. The standard InChI is InChI=1S/C16H18O3/c1-3-10-7-11(4-2)15(18)9-13(10)12-5-6-14(17)16(19)8-12/h5-9,17-19H,3-4H2,1-2H3. The Morgan fingerprint density at radius 2 is 1.42 bits per heavy atom. The summed E-state index contributed by atoms with van der Waals surface area (Å²) in [5.74, 6) is -0.0305. The molecule has 2 aromatic rings. The number of phenols is 3. The first-order valence-electron chi connectivity index (χ1n) is 6.43. The lowest BCUT2D eigenvalue weighted by Crippen LogP contribution is -1.92. The van der Waals surface area contributed by atoms with E-state index in [1.807, 2.05) is 13.0 Å². The highest BCUT2D eigenvalue weighted by atomic mass is 16.3. The van der Waals surface area contributed by atoms with E-state index in [9.17, 15) is 15.3 Å². The Balaban J connectivity index is 2.60. The van der Waals surface area contributed by atoms with E-state index in [4.69, 9.17) is 0 Å². The Kier molecular flexibility index (Phi) is 3.65. The molecule has 0 aliphatic carbocycles. The van der Waals surface area contributed by atoms with Crippen molar-refractivity contribution >= 4 is 0 Å². The van der Waals surface area contributed by atoms with Crippen LogP contribution in [0.1, 0.15) is 25.0 Å². The molecule has 0 atom stereocenters. The van der Waals surface area contributed by atoms with Gasteiger partial charge in [0.05, 0.1) is 0 Å². The zero-order valence-electron chi connectivity index (χ0n) is 11.1. The smallest absolute Gasteiger partial charge is 0.158 e. The lowest BCUT2D eigenvalue weighted by molar-refractivity contribution is 0.404. The van der Waals surface area contributed by atoms with Gasteiger partial charge in [-0.3, -0.25) is 0 Å². The van der Waals surface area contributed by atoms with Gasteiger partial charge in [0.1, 0.15) is 5.75 Å². The fourth-order valence-corrected chi connectivity index (χ4v) is 2.22. The highest BCUT2D eigenvalue weighted by molar-refractivity contribution is 5.72. The molecule has 19 heavy (non-hydrogen) atoms. The SMILES string of the molecule is CCc1cc(CC)c(-c2ccc(O)c(O)c2)cc1O. The molecule has 0 saturated heterocycles. The van der Waals surface area contributed by atoms with Crippen LogP contribution in [0.5, 0.6) is 17.2 Å². The summed E-state index contributed by atoms with van der Waals surface area (Å²) in [7, 11) is 0. The van der Waals surface area contributed by atoms with Gasteiger partial charge in [-0.2, -0.15) is 0 Å². The van der Waals surface area contributed by atoms with Crippen LogP contribution in [-0.2, 0) is 12.8 Å². The van der Waals surface area contributed by atoms with Crippen LogP contribution in [0.3, 0.4) is 0 Å². The lowest BCUT2D eigenvalue weighted by Gasteiger charge is -2.12. The van der Waals surface area contributed by atoms with E-state index in [0.29, 0.717) is 0 Å². The molecule has 3 nitrogen and oxygen atoms in total. The van der Waals surface area contributed by atoms with Crippen molar-refractivity contribution in [3.8, 4) is 28.4 Å². The first kappa shape index (κ1) is 13.3. The Morgan fingerprint density at radius 3 is 2.00 bits per heavy atom. The maximum absolute atomic E-state index is 9.98. The third kappa shape index (κ3) is 2.50. The third-order valence-electron chi connectivity index (χ3n) is 3.35. The van der Waals surface area contributed by atoms with Crippen LogP contribution in [0.25, 0.3) is 11.1 Å². The number of hydrogen-bond acceptors (Lipinski definition) is 3. The zero-order valence-corrected chi connectivity index (χ0v) is 11.1. The van der Waals surface area contributed by atoms with Gasteiger partial charge in [-0.25, -0.2) is 0 Å². The molecule has 0 amide bonds. The van der Waals surface area contributed by atoms with E-state index in [2.05, 4.69) is 6.92 Å². The summed E-state index contributed by atoms with van der Waals surface area (Å²) in [6, 6.07) is 8.41. The average Bonchev–Trinajstić information content (AvgIpc) is 2.41. The van der Waals surface area contributed by atoms with Crippen molar-refractivity contribution in [3.05, 3.63) is 41.5 Å². The Labute approximate surface area is 112 Å². The molecular formula is C16H18O3. The summed E-state index contributed by atoms with van der Waals surface area (Å²) < 4.78 is 0. The first-order chi connectivity index (χ1) is 9.06. The minimum absolute atomic E-state index is 0.142. The molecule has 0 heterocycles. The number of benzene rings is 2. The third-order valence-corrected chi connectivity index (χ3v) is 3.35. The van der Waals surface area contributed by atoms with Crippen LogP contribution in [0.2, 0.25) is 0 Å². The number of phenolic OH excluding ortho intramolecular Hbond substituents is 3. The van der Waals surface area contributed by atoms with Gasteiger partial charge in [0.2, 0.25) is 0 Å². The van der Waals surface area contributed by atoms with E-state index in [0.717, 1.165) is 35.1 Å². The highest BCUT2D eigenvalue weighted by Gasteiger charge is 2.11.